The second-order valence-electron chi connectivity index (χ2n) is 7.20. The van der Waals surface area contributed by atoms with Gasteiger partial charge in [0, 0.05) is 12.3 Å². The molecule has 0 aliphatic heterocycles. The van der Waals surface area contributed by atoms with Gasteiger partial charge in [-0.15, -0.1) is 0 Å². The molecule has 1 saturated carbocycles. The van der Waals surface area contributed by atoms with Crippen molar-refractivity contribution in [2.45, 2.75) is 65.7 Å². The summed E-state index contributed by atoms with van der Waals surface area (Å²) in [4.78, 5) is 4.48. The molecule has 4 nitrogen and oxygen atoms in total. The quantitative estimate of drug-likeness (QED) is 0.833. The van der Waals surface area contributed by atoms with Gasteiger partial charge >= 0.3 is 0 Å². The Morgan fingerprint density at radius 2 is 1.95 bits per heavy atom. The molecular formula is C16H25N3O. The summed E-state index contributed by atoms with van der Waals surface area (Å²) in [7, 11) is 0. The lowest BCUT2D eigenvalue weighted by Gasteiger charge is -2.36. The zero-order valence-electron chi connectivity index (χ0n) is 13.0. The maximum Gasteiger partial charge on any atom is 0.227 e. The lowest BCUT2D eigenvalue weighted by Crippen LogP contribution is -2.25. The smallest absolute Gasteiger partial charge is 0.227 e. The van der Waals surface area contributed by atoms with E-state index in [1.54, 1.807) is 0 Å². The monoisotopic (exact) mass is 275 g/mol. The third-order valence-corrected chi connectivity index (χ3v) is 4.50. The molecule has 0 bridgehead atoms. The van der Waals surface area contributed by atoms with Crippen LogP contribution >= 0.6 is 0 Å². The van der Waals surface area contributed by atoms with Crippen molar-refractivity contribution in [3.63, 3.8) is 0 Å². The van der Waals surface area contributed by atoms with Gasteiger partial charge in [-0.05, 0) is 43.9 Å². The minimum atomic E-state index is -0.0695. The van der Waals surface area contributed by atoms with Crippen LogP contribution in [0.5, 0.6) is 0 Å². The van der Waals surface area contributed by atoms with Crippen molar-refractivity contribution >= 4 is 0 Å². The fourth-order valence-electron chi connectivity index (χ4n) is 3.04. The summed E-state index contributed by atoms with van der Waals surface area (Å²) in [5.74, 6) is 2.61. The van der Waals surface area contributed by atoms with E-state index in [1.165, 1.54) is 12.8 Å². The number of aromatic nitrogens is 2. The van der Waals surface area contributed by atoms with Gasteiger partial charge in [-0.2, -0.15) is 10.2 Å². The lowest BCUT2D eigenvalue weighted by molar-refractivity contribution is 0.166. The van der Waals surface area contributed by atoms with Gasteiger partial charge in [0.05, 0.1) is 12.0 Å². The highest BCUT2D eigenvalue weighted by Crippen LogP contribution is 2.42. The van der Waals surface area contributed by atoms with Crippen LogP contribution in [0.25, 0.3) is 0 Å². The average molecular weight is 275 g/mol. The molecule has 0 N–H and O–H groups in total. The SMILES string of the molecule is CC(C#N)Cc1nc(C2CCC(C(C)(C)C)CC2)no1. The molecule has 110 valence electrons. The van der Waals surface area contributed by atoms with Crippen LogP contribution in [0.4, 0.5) is 0 Å². The van der Waals surface area contributed by atoms with Gasteiger partial charge in [-0.1, -0.05) is 25.9 Å². The van der Waals surface area contributed by atoms with E-state index in [9.17, 15) is 0 Å². The van der Waals surface area contributed by atoms with Crippen molar-refractivity contribution in [3.05, 3.63) is 11.7 Å². The van der Waals surface area contributed by atoms with Crippen LogP contribution in [0.2, 0.25) is 0 Å². The molecule has 1 unspecified atom stereocenters. The second-order valence-corrected chi connectivity index (χ2v) is 7.20. The van der Waals surface area contributed by atoms with Crippen molar-refractivity contribution < 1.29 is 4.52 Å². The molecule has 1 heterocycles. The van der Waals surface area contributed by atoms with Crippen LogP contribution in [0.15, 0.2) is 4.52 Å². The van der Waals surface area contributed by atoms with Crippen molar-refractivity contribution in [2.75, 3.05) is 0 Å². The maximum absolute atomic E-state index is 8.82. The van der Waals surface area contributed by atoms with Crippen LogP contribution in [0.3, 0.4) is 0 Å². The Kier molecular flexibility index (Phi) is 4.47. The molecule has 1 aliphatic carbocycles. The van der Waals surface area contributed by atoms with Gasteiger partial charge in [0.25, 0.3) is 0 Å². The Labute approximate surface area is 121 Å². The van der Waals surface area contributed by atoms with Gasteiger partial charge in [0.2, 0.25) is 5.89 Å². The van der Waals surface area contributed by atoms with E-state index in [2.05, 4.69) is 37.0 Å². The molecule has 1 aromatic rings. The number of hydrogen-bond acceptors (Lipinski definition) is 4. The van der Waals surface area contributed by atoms with Crippen LogP contribution in [0, 0.1) is 28.6 Å². The first-order valence-corrected chi connectivity index (χ1v) is 7.62. The highest BCUT2D eigenvalue weighted by molar-refractivity contribution is 5.00. The molecule has 1 aliphatic rings. The lowest BCUT2D eigenvalue weighted by atomic mass is 9.70. The topological polar surface area (TPSA) is 62.7 Å². The van der Waals surface area contributed by atoms with Gasteiger partial charge < -0.3 is 4.52 Å². The highest BCUT2D eigenvalue weighted by atomic mass is 16.5. The van der Waals surface area contributed by atoms with Gasteiger partial charge in [0.15, 0.2) is 5.82 Å². The Bertz CT molecular complexity index is 473. The van der Waals surface area contributed by atoms with E-state index in [0.29, 0.717) is 23.6 Å². The zero-order valence-corrected chi connectivity index (χ0v) is 13.0. The summed E-state index contributed by atoms with van der Waals surface area (Å²) in [5, 5.41) is 12.9. The first kappa shape index (κ1) is 15.0. The van der Waals surface area contributed by atoms with Crippen molar-refractivity contribution in [2.24, 2.45) is 17.3 Å². The Balaban J connectivity index is 1.93. The number of nitriles is 1. The number of nitrogens with zero attached hydrogens (tertiary/aromatic N) is 3. The van der Waals surface area contributed by atoms with Crippen LogP contribution < -0.4 is 0 Å². The molecule has 0 saturated heterocycles. The summed E-state index contributed by atoms with van der Waals surface area (Å²) >= 11 is 0. The van der Waals surface area contributed by atoms with Gasteiger partial charge in [-0.25, -0.2) is 0 Å². The largest absolute Gasteiger partial charge is 0.339 e. The predicted molar refractivity (Wildman–Crippen MR) is 76.9 cm³/mol. The van der Waals surface area contributed by atoms with Gasteiger partial charge in [-0.3, -0.25) is 0 Å². The minimum Gasteiger partial charge on any atom is -0.339 e. The van der Waals surface area contributed by atoms with Crippen LogP contribution in [0.1, 0.15) is 71.0 Å². The molecule has 4 heteroatoms. The molecule has 0 aromatic carbocycles. The van der Waals surface area contributed by atoms with Crippen LogP contribution in [-0.2, 0) is 6.42 Å². The highest BCUT2D eigenvalue weighted by Gasteiger charge is 2.32. The number of rotatable bonds is 3. The van der Waals surface area contributed by atoms with E-state index in [4.69, 9.17) is 9.78 Å². The van der Waals surface area contributed by atoms with Crippen molar-refractivity contribution in [3.8, 4) is 6.07 Å². The Morgan fingerprint density at radius 3 is 2.50 bits per heavy atom. The van der Waals surface area contributed by atoms with Crippen molar-refractivity contribution in [1.29, 1.82) is 5.26 Å². The molecule has 1 aromatic heterocycles. The summed E-state index contributed by atoms with van der Waals surface area (Å²) in [6, 6.07) is 2.20. The molecule has 0 spiro atoms. The molecule has 0 radical (unpaired) electrons. The third kappa shape index (κ3) is 3.59. The van der Waals surface area contributed by atoms with Crippen LogP contribution in [-0.4, -0.2) is 10.1 Å². The minimum absolute atomic E-state index is 0.0695. The van der Waals surface area contributed by atoms with E-state index < -0.39 is 0 Å². The summed E-state index contributed by atoms with van der Waals surface area (Å²) < 4.78 is 5.27. The molecule has 20 heavy (non-hydrogen) atoms. The summed E-state index contributed by atoms with van der Waals surface area (Å²) in [6.07, 6.45) is 5.34. The molecule has 1 fully saturated rings. The molecule has 1 atom stereocenters. The van der Waals surface area contributed by atoms with Crippen molar-refractivity contribution in [1.82, 2.24) is 10.1 Å². The molecule has 2 rings (SSSR count). The first-order valence-electron chi connectivity index (χ1n) is 7.62. The first-order chi connectivity index (χ1) is 9.40. The zero-order chi connectivity index (χ0) is 14.8. The normalized spacial score (nSPS) is 25.1. The summed E-state index contributed by atoms with van der Waals surface area (Å²) in [6.45, 7) is 8.85. The maximum atomic E-state index is 8.82. The fourth-order valence-corrected chi connectivity index (χ4v) is 3.04. The molecular weight excluding hydrogens is 250 g/mol. The number of hydrogen-bond donors (Lipinski definition) is 0. The predicted octanol–water partition coefficient (Wildman–Crippen LogP) is 4.09. The van der Waals surface area contributed by atoms with E-state index >= 15 is 0 Å². The Morgan fingerprint density at radius 1 is 1.30 bits per heavy atom. The van der Waals surface area contributed by atoms with E-state index in [1.807, 2.05) is 6.92 Å². The van der Waals surface area contributed by atoms with E-state index in [-0.39, 0.29) is 5.92 Å². The molecule has 0 amide bonds. The Hall–Kier alpha value is -1.37. The van der Waals surface area contributed by atoms with Gasteiger partial charge in [0.1, 0.15) is 0 Å². The second kappa shape index (κ2) is 5.95. The van der Waals surface area contributed by atoms with E-state index in [0.717, 1.165) is 24.6 Å². The summed E-state index contributed by atoms with van der Waals surface area (Å²) in [5.41, 5.74) is 0.398. The fraction of sp³-hybridized carbons (Fsp3) is 0.812. The average Bonchev–Trinajstić information content (AvgIpc) is 2.86. The third-order valence-electron chi connectivity index (χ3n) is 4.50. The standard InChI is InChI=1S/C16H25N3O/c1-11(10-17)9-14-18-15(19-20-14)12-5-7-13(8-6-12)16(2,3)4/h11-13H,5-9H2,1-4H3.